The number of furan rings is 1. The molecule has 2 heterocycles. The summed E-state index contributed by atoms with van der Waals surface area (Å²) in [7, 11) is -3.10. The molecule has 0 spiro atoms. The summed E-state index contributed by atoms with van der Waals surface area (Å²) in [5.41, 5.74) is 0.725. The van der Waals surface area contributed by atoms with Gasteiger partial charge in [-0.25, -0.2) is 8.42 Å². The van der Waals surface area contributed by atoms with Crippen LogP contribution in [0.2, 0.25) is 0 Å². The highest BCUT2D eigenvalue weighted by atomic mass is 79.9. The Bertz CT molecular complexity index is 1020. The minimum atomic E-state index is -3.10. The first-order chi connectivity index (χ1) is 12.4. The van der Waals surface area contributed by atoms with Crippen LogP contribution in [0, 0.1) is 11.3 Å². The summed E-state index contributed by atoms with van der Waals surface area (Å²) in [6, 6.07) is 12.3. The van der Waals surface area contributed by atoms with E-state index in [1.165, 1.54) is 6.08 Å². The molecule has 0 radical (unpaired) electrons. The van der Waals surface area contributed by atoms with Crippen LogP contribution >= 0.6 is 15.9 Å². The van der Waals surface area contributed by atoms with Gasteiger partial charge >= 0.3 is 0 Å². The van der Waals surface area contributed by atoms with Crippen molar-refractivity contribution >= 4 is 37.8 Å². The molecule has 6 nitrogen and oxygen atoms in total. The van der Waals surface area contributed by atoms with Crippen LogP contribution in [-0.2, 0) is 14.6 Å². The predicted octanol–water partition coefficient (Wildman–Crippen LogP) is 2.92. The van der Waals surface area contributed by atoms with Crippen LogP contribution < -0.4 is 5.32 Å². The van der Waals surface area contributed by atoms with Gasteiger partial charge in [0, 0.05) is 22.2 Å². The average molecular weight is 435 g/mol. The van der Waals surface area contributed by atoms with Crippen molar-refractivity contribution in [2.75, 3.05) is 11.5 Å². The van der Waals surface area contributed by atoms with Gasteiger partial charge in [0.05, 0.1) is 11.5 Å². The van der Waals surface area contributed by atoms with Gasteiger partial charge in [-0.2, -0.15) is 5.26 Å². The number of hydrogen-bond donors (Lipinski definition) is 1. The number of rotatable bonds is 4. The highest BCUT2D eigenvalue weighted by Crippen LogP contribution is 2.26. The van der Waals surface area contributed by atoms with Crippen molar-refractivity contribution < 1.29 is 17.6 Å². The van der Waals surface area contributed by atoms with Crippen molar-refractivity contribution in [3.05, 3.63) is 52.2 Å². The second-order valence-electron chi connectivity index (χ2n) is 5.96. The standard InChI is InChI=1S/C18H15BrN2O4S/c19-14-3-1-2-12(8-14)17-5-4-16(25-17)9-13(10-20)18(22)21-15-6-7-26(23,24)11-15/h1-5,8-9,15H,6-7,11H2,(H,21,22)/b13-9-/t15-/m1/s1. The van der Waals surface area contributed by atoms with Crippen LogP contribution in [0.5, 0.6) is 0 Å². The van der Waals surface area contributed by atoms with Gasteiger partial charge in [0.2, 0.25) is 0 Å². The minimum absolute atomic E-state index is 0.0533. The monoisotopic (exact) mass is 434 g/mol. The molecular weight excluding hydrogens is 420 g/mol. The Labute approximate surface area is 159 Å². The fourth-order valence-electron chi connectivity index (χ4n) is 2.69. The van der Waals surface area contributed by atoms with Crippen LogP contribution in [0.4, 0.5) is 0 Å². The predicted molar refractivity (Wildman–Crippen MR) is 101 cm³/mol. The van der Waals surface area contributed by atoms with Crippen molar-refractivity contribution in [1.29, 1.82) is 5.26 Å². The first-order valence-electron chi connectivity index (χ1n) is 7.85. The van der Waals surface area contributed by atoms with E-state index in [1.807, 2.05) is 30.3 Å². The van der Waals surface area contributed by atoms with Gasteiger partial charge in [0.25, 0.3) is 5.91 Å². The maximum atomic E-state index is 12.2. The first-order valence-corrected chi connectivity index (χ1v) is 10.5. The number of nitriles is 1. The molecule has 2 aromatic rings. The van der Waals surface area contributed by atoms with Crippen molar-refractivity contribution in [2.24, 2.45) is 0 Å². The zero-order chi connectivity index (χ0) is 18.7. The highest BCUT2D eigenvalue weighted by molar-refractivity contribution is 9.10. The molecule has 3 rings (SSSR count). The van der Waals surface area contributed by atoms with Gasteiger partial charge in [-0.15, -0.1) is 0 Å². The Morgan fingerprint density at radius 1 is 1.35 bits per heavy atom. The summed E-state index contributed by atoms with van der Waals surface area (Å²) in [5, 5.41) is 11.8. The molecule has 1 N–H and O–H groups in total. The molecule has 1 fully saturated rings. The van der Waals surface area contributed by atoms with E-state index in [4.69, 9.17) is 4.42 Å². The Balaban J connectivity index is 1.75. The van der Waals surface area contributed by atoms with E-state index in [0.717, 1.165) is 10.0 Å². The molecular formula is C18H15BrN2O4S. The fraction of sp³-hybridized carbons (Fsp3) is 0.222. The maximum absolute atomic E-state index is 12.2. The Kier molecular flexibility index (Phi) is 5.30. The van der Waals surface area contributed by atoms with Crippen molar-refractivity contribution in [1.82, 2.24) is 5.32 Å². The first kappa shape index (κ1) is 18.4. The Hall–Kier alpha value is -2.37. The number of nitrogens with zero attached hydrogens (tertiary/aromatic N) is 1. The van der Waals surface area contributed by atoms with Crippen LogP contribution in [0.3, 0.4) is 0 Å². The molecule has 134 valence electrons. The third kappa shape index (κ3) is 4.42. The minimum Gasteiger partial charge on any atom is -0.457 e. The molecule has 0 aliphatic carbocycles. The summed E-state index contributed by atoms with van der Waals surface area (Å²) in [5.74, 6) is 0.334. The third-order valence-electron chi connectivity index (χ3n) is 3.96. The number of halogens is 1. The highest BCUT2D eigenvalue weighted by Gasteiger charge is 2.29. The average Bonchev–Trinajstić information content (AvgIpc) is 3.18. The van der Waals surface area contributed by atoms with Gasteiger partial charge in [-0.1, -0.05) is 28.1 Å². The van der Waals surface area contributed by atoms with Gasteiger partial charge in [0.1, 0.15) is 23.2 Å². The maximum Gasteiger partial charge on any atom is 0.262 e. The molecule has 8 heteroatoms. The smallest absolute Gasteiger partial charge is 0.262 e. The molecule has 1 aliphatic heterocycles. The SMILES string of the molecule is N#C/C(=C/c1ccc(-c2cccc(Br)c2)o1)C(=O)N[C@@H]1CCS(=O)(=O)C1. The summed E-state index contributed by atoms with van der Waals surface area (Å²) in [4.78, 5) is 12.2. The second kappa shape index (κ2) is 7.48. The molecule has 1 aromatic heterocycles. The Morgan fingerprint density at radius 3 is 2.81 bits per heavy atom. The molecule has 26 heavy (non-hydrogen) atoms. The van der Waals surface area contributed by atoms with Gasteiger partial charge < -0.3 is 9.73 Å². The van der Waals surface area contributed by atoms with E-state index in [2.05, 4.69) is 21.2 Å². The summed E-state index contributed by atoms with van der Waals surface area (Å²) in [6.07, 6.45) is 1.71. The summed E-state index contributed by atoms with van der Waals surface area (Å²) in [6.45, 7) is 0. The number of nitrogens with one attached hydrogen (secondary N) is 1. The van der Waals surface area contributed by atoms with Crippen LogP contribution in [-0.4, -0.2) is 31.9 Å². The molecule has 0 saturated carbocycles. The fourth-order valence-corrected chi connectivity index (χ4v) is 4.76. The number of sulfone groups is 1. The van der Waals surface area contributed by atoms with E-state index in [1.54, 1.807) is 12.1 Å². The zero-order valence-electron chi connectivity index (χ0n) is 13.6. The van der Waals surface area contributed by atoms with E-state index < -0.39 is 21.8 Å². The topological polar surface area (TPSA) is 100 Å². The van der Waals surface area contributed by atoms with E-state index in [9.17, 15) is 18.5 Å². The summed E-state index contributed by atoms with van der Waals surface area (Å²) >= 11 is 3.39. The van der Waals surface area contributed by atoms with Crippen LogP contribution in [0.15, 0.2) is 50.9 Å². The number of benzene rings is 1. The van der Waals surface area contributed by atoms with Crippen LogP contribution in [0.25, 0.3) is 17.4 Å². The molecule has 1 atom stereocenters. The number of carbonyl (C=O) groups excluding carboxylic acids is 1. The van der Waals surface area contributed by atoms with Crippen LogP contribution in [0.1, 0.15) is 12.2 Å². The zero-order valence-corrected chi connectivity index (χ0v) is 16.0. The lowest BCUT2D eigenvalue weighted by Gasteiger charge is -2.09. The summed E-state index contributed by atoms with van der Waals surface area (Å²) < 4.78 is 29.5. The lowest BCUT2D eigenvalue weighted by molar-refractivity contribution is -0.117. The molecule has 1 aliphatic rings. The van der Waals surface area contributed by atoms with Gasteiger partial charge in [-0.05, 0) is 30.7 Å². The van der Waals surface area contributed by atoms with Gasteiger partial charge in [0.15, 0.2) is 9.84 Å². The lowest BCUT2D eigenvalue weighted by Crippen LogP contribution is -2.36. The second-order valence-corrected chi connectivity index (χ2v) is 9.10. The van der Waals surface area contributed by atoms with Gasteiger partial charge in [-0.3, -0.25) is 4.79 Å². The molecule has 1 amide bonds. The van der Waals surface area contributed by atoms with Crippen molar-refractivity contribution in [2.45, 2.75) is 12.5 Å². The molecule has 1 saturated heterocycles. The Morgan fingerprint density at radius 2 is 2.15 bits per heavy atom. The van der Waals surface area contributed by atoms with E-state index in [-0.39, 0.29) is 17.1 Å². The molecule has 1 aromatic carbocycles. The number of hydrogen-bond acceptors (Lipinski definition) is 5. The third-order valence-corrected chi connectivity index (χ3v) is 6.22. The normalized spacial score (nSPS) is 19.1. The van der Waals surface area contributed by atoms with Crippen molar-refractivity contribution in [3.8, 4) is 17.4 Å². The molecule has 0 bridgehead atoms. The van der Waals surface area contributed by atoms with Crippen molar-refractivity contribution in [3.63, 3.8) is 0 Å². The number of amides is 1. The number of carbonyl (C=O) groups is 1. The van der Waals surface area contributed by atoms with E-state index >= 15 is 0 Å². The largest absolute Gasteiger partial charge is 0.457 e. The molecule has 0 unspecified atom stereocenters. The quantitative estimate of drug-likeness (QED) is 0.588. The lowest BCUT2D eigenvalue weighted by atomic mass is 10.2. The van der Waals surface area contributed by atoms with E-state index in [0.29, 0.717) is 17.9 Å².